The third kappa shape index (κ3) is 5.39. The third-order valence-corrected chi connectivity index (χ3v) is 5.09. The van der Waals surface area contributed by atoms with Crippen LogP contribution >= 0.6 is 0 Å². The Morgan fingerprint density at radius 1 is 0.933 bits per heavy atom. The second-order valence-electron chi connectivity index (χ2n) is 7.30. The highest BCUT2D eigenvalue weighted by molar-refractivity contribution is 5.93. The molecular weight excluding hydrogens is 376 g/mol. The van der Waals surface area contributed by atoms with Crippen molar-refractivity contribution in [3.63, 3.8) is 0 Å². The summed E-state index contributed by atoms with van der Waals surface area (Å²) in [5.41, 5.74) is 2.09. The number of methoxy groups -OCH3 is 2. The number of likely N-dealkylation sites (N-methyl/N-ethyl adjacent to an activating group) is 1. The van der Waals surface area contributed by atoms with E-state index in [1.54, 1.807) is 20.3 Å². The van der Waals surface area contributed by atoms with Gasteiger partial charge in [0.05, 0.1) is 20.3 Å². The SMILES string of the molecule is COc1ccc(C(CNC(=O)C=Cc2ccc3cc(OC)ccc3c2)N(C)C)cc1. The van der Waals surface area contributed by atoms with Crippen LogP contribution in [0.1, 0.15) is 17.2 Å². The van der Waals surface area contributed by atoms with E-state index in [4.69, 9.17) is 9.47 Å². The van der Waals surface area contributed by atoms with E-state index in [1.807, 2.05) is 74.8 Å². The molecule has 0 spiro atoms. The number of amides is 1. The topological polar surface area (TPSA) is 50.8 Å². The van der Waals surface area contributed by atoms with E-state index in [0.29, 0.717) is 6.54 Å². The van der Waals surface area contributed by atoms with Gasteiger partial charge in [0.15, 0.2) is 0 Å². The minimum absolute atomic E-state index is 0.0731. The Morgan fingerprint density at radius 3 is 2.23 bits per heavy atom. The Labute approximate surface area is 177 Å². The lowest BCUT2D eigenvalue weighted by Gasteiger charge is -2.25. The molecule has 3 aromatic rings. The summed E-state index contributed by atoms with van der Waals surface area (Å²) >= 11 is 0. The van der Waals surface area contributed by atoms with Crippen molar-refractivity contribution in [1.82, 2.24) is 10.2 Å². The maximum Gasteiger partial charge on any atom is 0.244 e. The molecule has 0 saturated carbocycles. The number of ether oxygens (including phenoxy) is 2. The van der Waals surface area contributed by atoms with Crippen LogP contribution < -0.4 is 14.8 Å². The molecule has 1 unspecified atom stereocenters. The minimum Gasteiger partial charge on any atom is -0.497 e. The van der Waals surface area contributed by atoms with Crippen LogP contribution in [0, 0.1) is 0 Å². The highest BCUT2D eigenvalue weighted by atomic mass is 16.5. The average Bonchev–Trinajstić information content (AvgIpc) is 2.77. The molecule has 0 heterocycles. The summed E-state index contributed by atoms with van der Waals surface area (Å²) in [5, 5.41) is 5.20. The van der Waals surface area contributed by atoms with Crippen molar-refractivity contribution in [2.75, 3.05) is 34.9 Å². The molecule has 1 amide bonds. The quantitative estimate of drug-likeness (QED) is 0.569. The summed E-state index contributed by atoms with van der Waals surface area (Å²) in [4.78, 5) is 14.5. The number of benzene rings is 3. The minimum atomic E-state index is -0.120. The van der Waals surface area contributed by atoms with Crippen LogP contribution in [-0.2, 0) is 4.79 Å². The van der Waals surface area contributed by atoms with Crippen molar-refractivity contribution in [2.24, 2.45) is 0 Å². The van der Waals surface area contributed by atoms with Crippen molar-refractivity contribution < 1.29 is 14.3 Å². The van der Waals surface area contributed by atoms with Crippen LogP contribution in [-0.4, -0.2) is 45.7 Å². The monoisotopic (exact) mass is 404 g/mol. The molecule has 3 rings (SSSR count). The Morgan fingerprint density at radius 2 is 1.57 bits per heavy atom. The van der Waals surface area contributed by atoms with Gasteiger partial charge in [-0.3, -0.25) is 4.79 Å². The van der Waals surface area contributed by atoms with Crippen molar-refractivity contribution >= 4 is 22.8 Å². The molecule has 1 N–H and O–H groups in total. The van der Waals surface area contributed by atoms with Crippen LogP contribution in [0.2, 0.25) is 0 Å². The van der Waals surface area contributed by atoms with Gasteiger partial charge in [0.1, 0.15) is 11.5 Å². The van der Waals surface area contributed by atoms with Crippen LogP contribution in [0.5, 0.6) is 11.5 Å². The highest BCUT2D eigenvalue weighted by Crippen LogP contribution is 2.23. The Balaban J connectivity index is 1.63. The molecule has 5 heteroatoms. The maximum absolute atomic E-state index is 12.4. The predicted molar refractivity (Wildman–Crippen MR) is 122 cm³/mol. The van der Waals surface area contributed by atoms with Crippen molar-refractivity contribution in [3.05, 3.63) is 77.9 Å². The van der Waals surface area contributed by atoms with Crippen LogP contribution in [0.4, 0.5) is 0 Å². The van der Waals surface area contributed by atoms with Gasteiger partial charge in [0.25, 0.3) is 0 Å². The van der Waals surface area contributed by atoms with Crippen molar-refractivity contribution in [1.29, 1.82) is 0 Å². The number of carbonyl (C=O) groups excluding carboxylic acids is 1. The second-order valence-corrected chi connectivity index (χ2v) is 7.30. The molecule has 3 aromatic carbocycles. The van der Waals surface area contributed by atoms with Gasteiger partial charge in [0.2, 0.25) is 5.91 Å². The van der Waals surface area contributed by atoms with Crippen LogP contribution in [0.15, 0.2) is 66.7 Å². The maximum atomic E-state index is 12.4. The van der Waals surface area contributed by atoms with E-state index >= 15 is 0 Å². The number of rotatable bonds is 8. The van der Waals surface area contributed by atoms with Gasteiger partial charge in [-0.05, 0) is 72.4 Å². The summed E-state index contributed by atoms with van der Waals surface area (Å²) in [5.74, 6) is 1.53. The normalized spacial score (nSPS) is 12.3. The van der Waals surface area contributed by atoms with E-state index in [-0.39, 0.29) is 11.9 Å². The number of hydrogen-bond donors (Lipinski definition) is 1. The molecule has 0 aliphatic rings. The Bertz CT molecular complexity index is 1030. The summed E-state index contributed by atoms with van der Waals surface area (Å²) in [6, 6.07) is 20.0. The molecule has 5 nitrogen and oxygen atoms in total. The van der Waals surface area contributed by atoms with Gasteiger partial charge in [-0.25, -0.2) is 0 Å². The largest absolute Gasteiger partial charge is 0.497 e. The van der Waals surface area contributed by atoms with Gasteiger partial charge >= 0.3 is 0 Å². The number of nitrogens with zero attached hydrogens (tertiary/aromatic N) is 1. The van der Waals surface area contributed by atoms with Crippen LogP contribution in [0.25, 0.3) is 16.8 Å². The number of hydrogen-bond acceptors (Lipinski definition) is 4. The molecule has 0 aliphatic carbocycles. The first-order valence-electron chi connectivity index (χ1n) is 9.84. The molecule has 0 aromatic heterocycles. The molecule has 1 atom stereocenters. The van der Waals surface area contributed by atoms with Gasteiger partial charge in [-0.2, -0.15) is 0 Å². The summed E-state index contributed by atoms with van der Waals surface area (Å²) in [7, 11) is 7.31. The average molecular weight is 405 g/mol. The summed E-state index contributed by atoms with van der Waals surface area (Å²) in [6.07, 6.45) is 3.41. The van der Waals surface area contributed by atoms with Gasteiger partial charge in [-0.15, -0.1) is 0 Å². The Hall–Kier alpha value is -3.31. The fourth-order valence-electron chi connectivity index (χ4n) is 3.33. The first kappa shape index (κ1) is 21.4. The Kier molecular flexibility index (Phi) is 7.09. The fourth-order valence-corrected chi connectivity index (χ4v) is 3.33. The zero-order valence-corrected chi connectivity index (χ0v) is 17.9. The first-order chi connectivity index (χ1) is 14.5. The lowest BCUT2D eigenvalue weighted by atomic mass is 10.1. The number of nitrogens with one attached hydrogen (secondary N) is 1. The van der Waals surface area contributed by atoms with Crippen molar-refractivity contribution in [3.8, 4) is 11.5 Å². The van der Waals surface area contributed by atoms with E-state index < -0.39 is 0 Å². The lowest BCUT2D eigenvalue weighted by Crippen LogP contribution is -2.33. The fraction of sp³-hybridized carbons (Fsp3) is 0.240. The van der Waals surface area contributed by atoms with E-state index in [9.17, 15) is 4.79 Å². The standard InChI is InChI=1S/C25H28N2O3/c1-27(2)24(19-8-11-22(29-3)12-9-19)17-26-25(28)14-6-18-5-7-21-16-23(30-4)13-10-20(21)15-18/h5-16,24H,17H2,1-4H3,(H,26,28). The zero-order chi connectivity index (χ0) is 21.5. The number of fused-ring (bicyclic) bond motifs is 1. The van der Waals surface area contributed by atoms with Gasteiger partial charge in [-0.1, -0.05) is 30.3 Å². The van der Waals surface area contributed by atoms with E-state index in [0.717, 1.165) is 33.4 Å². The predicted octanol–water partition coefficient (Wildman–Crippen LogP) is 4.29. The lowest BCUT2D eigenvalue weighted by molar-refractivity contribution is -0.116. The molecule has 0 bridgehead atoms. The van der Waals surface area contributed by atoms with Crippen molar-refractivity contribution in [2.45, 2.75) is 6.04 Å². The van der Waals surface area contributed by atoms with E-state index in [2.05, 4.69) is 16.3 Å². The molecule has 0 fully saturated rings. The highest BCUT2D eigenvalue weighted by Gasteiger charge is 2.14. The first-order valence-corrected chi connectivity index (χ1v) is 9.84. The summed E-state index contributed by atoms with van der Waals surface area (Å²) in [6.45, 7) is 0.514. The number of carbonyl (C=O) groups is 1. The second kappa shape index (κ2) is 9.94. The van der Waals surface area contributed by atoms with Gasteiger partial charge < -0.3 is 19.7 Å². The molecule has 0 saturated heterocycles. The summed E-state index contributed by atoms with van der Waals surface area (Å²) < 4.78 is 10.5. The molecule has 30 heavy (non-hydrogen) atoms. The zero-order valence-electron chi connectivity index (χ0n) is 17.9. The molecular formula is C25H28N2O3. The molecule has 156 valence electrons. The third-order valence-electron chi connectivity index (χ3n) is 5.09. The smallest absolute Gasteiger partial charge is 0.244 e. The molecule has 0 radical (unpaired) electrons. The molecule has 0 aliphatic heterocycles. The van der Waals surface area contributed by atoms with Crippen LogP contribution in [0.3, 0.4) is 0 Å². The van der Waals surface area contributed by atoms with E-state index in [1.165, 1.54) is 0 Å². The van der Waals surface area contributed by atoms with Gasteiger partial charge in [0, 0.05) is 12.6 Å².